The summed E-state index contributed by atoms with van der Waals surface area (Å²) >= 11 is 0. The molecule has 1 fully saturated rings. The Morgan fingerprint density at radius 1 is 1.29 bits per heavy atom. The molecule has 1 saturated heterocycles. The lowest BCUT2D eigenvalue weighted by Gasteiger charge is -2.20. The van der Waals surface area contributed by atoms with Gasteiger partial charge < -0.3 is 25.0 Å². The summed E-state index contributed by atoms with van der Waals surface area (Å²) in [5.41, 5.74) is 6.37. The monoisotopic (exact) mass is 436 g/mol. The van der Waals surface area contributed by atoms with Gasteiger partial charge in [-0.3, -0.25) is 4.79 Å². The molecule has 1 amide bonds. The number of hydrogen-bond donors (Lipinski definition) is 1. The highest BCUT2D eigenvalue weighted by Crippen LogP contribution is 2.25. The van der Waals surface area contributed by atoms with E-state index in [4.69, 9.17) is 15.2 Å². The van der Waals surface area contributed by atoms with Gasteiger partial charge in [-0.15, -0.1) is 0 Å². The fraction of sp³-hybridized carbons (Fsp3) is 0.500. The van der Waals surface area contributed by atoms with Crippen LogP contribution < -0.4 is 25.0 Å². The zero-order chi connectivity index (χ0) is 22.6. The second kappa shape index (κ2) is 9.38. The normalized spacial score (nSPS) is 17.5. The molecule has 9 nitrogen and oxygen atoms in total. The Balaban J connectivity index is 1.57. The zero-order valence-corrected chi connectivity index (χ0v) is 17.7. The molecule has 2 N–H and O–H groups in total. The maximum absolute atomic E-state index is 12.9. The van der Waals surface area contributed by atoms with Crippen LogP contribution in [0.15, 0.2) is 30.7 Å². The molecule has 0 radical (unpaired) electrons. The topological polar surface area (TPSA) is 107 Å². The van der Waals surface area contributed by atoms with E-state index < -0.39 is 18.6 Å². The number of anilines is 2. The van der Waals surface area contributed by atoms with Crippen LogP contribution in [0.2, 0.25) is 0 Å². The molecule has 1 aliphatic rings. The Hall–Kier alpha value is -3.08. The maximum atomic E-state index is 12.9. The van der Waals surface area contributed by atoms with Crippen molar-refractivity contribution in [2.24, 2.45) is 5.73 Å². The first kappa shape index (κ1) is 22.6. The number of likely N-dealkylation sites (N-methyl/N-ethyl adjacent to an activating group) is 1. The number of carbonyl (C=O) groups is 1. The summed E-state index contributed by atoms with van der Waals surface area (Å²) in [7, 11) is 1.85. The number of ether oxygens (including phenoxy) is 2. The van der Waals surface area contributed by atoms with E-state index in [-0.39, 0.29) is 17.8 Å². The molecule has 0 aromatic carbocycles. The van der Waals surface area contributed by atoms with E-state index in [1.165, 1.54) is 18.3 Å². The van der Waals surface area contributed by atoms with E-state index >= 15 is 0 Å². The van der Waals surface area contributed by atoms with Crippen molar-refractivity contribution in [3.63, 3.8) is 0 Å². The van der Waals surface area contributed by atoms with Crippen molar-refractivity contribution in [2.75, 3.05) is 36.5 Å². The van der Waals surface area contributed by atoms with Crippen LogP contribution >= 0.6 is 0 Å². The van der Waals surface area contributed by atoms with Gasteiger partial charge in [0.2, 0.25) is 11.8 Å². The molecule has 1 unspecified atom stereocenters. The van der Waals surface area contributed by atoms with Crippen molar-refractivity contribution >= 4 is 17.5 Å². The molecule has 3 heterocycles. The minimum Gasteiger partial charge on any atom is -0.479 e. The van der Waals surface area contributed by atoms with Crippen molar-refractivity contribution in [3.8, 4) is 11.6 Å². The lowest BCUT2D eigenvalue weighted by molar-refractivity contribution is -0.122. The fourth-order valence-electron chi connectivity index (χ4n) is 3.07. The Bertz CT molecular complexity index is 874. The summed E-state index contributed by atoms with van der Waals surface area (Å²) < 4.78 is 36.4. The maximum Gasteiger partial charge on any atom is 0.278 e. The molecule has 0 bridgehead atoms. The highest BCUT2D eigenvalue weighted by molar-refractivity contribution is 5.98. The Labute approximate surface area is 179 Å². The third-order valence-corrected chi connectivity index (χ3v) is 4.46. The van der Waals surface area contributed by atoms with Gasteiger partial charge in [-0.25, -0.2) is 23.7 Å². The number of aromatic nitrogens is 3. The van der Waals surface area contributed by atoms with Gasteiger partial charge in [0.25, 0.3) is 11.8 Å². The Morgan fingerprint density at radius 2 is 2.00 bits per heavy atom. The van der Waals surface area contributed by atoms with Gasteiger partial charge in [-0.2, -0.15) is 0 Å². The second-order valence-corrected chi connectivity index (χ2v) is 7.68. The summed E-state index contributed by atoms with van der Waals surface area (Å²) in [6.07, 6.45) is 4.32. The molecule has 0 aliphatic carbocycles. The van der Waals surface area contributed by atoms with Gasteiger partial charge in [-0.05, 0) is 13.0 Å². The SMILES string of the molecule is CC(N)CN(C)c1ncc(N2CC[C@@H](Oc3ccc(OCC(C)(F)F)nc3)C2=O)cn1. The van der Waals surface area contributed by atoms with E-state index in [0.717, 1.165) is 6.92 Å². The summed E-state index contributed by atoms with van der Waals surface area (Å²) in [5.74, 6) is -2.24. The largest absolute Gasteiger partial charge is 0.479 e. The average Bonchev–Trinajstić information content (AvgIpc) is 3.07. The van der Waals surface area contributed by atoms with Gasteiger partial charge in [0.05, 0.1) is 24.3 Å². The number of nitrogens with zero attached hydrogens (tertiary/aromatic N) is 5. The summed E-state index contributed by atoms with van der Waals surface area (Å²) in [4.78, 5) is 28.7. The number of nitrogens with two attached hydrogens (primary N) is 1. The molecule has 2 aromatic rings. The third-order valence-electron chi connectivity index (χ3n) is 4.46. The number of alkyl halides is 2. The predicted molar refractivity (Wildman–Crippen MR) is 111 cm³/mol. The Morgan fingerprint density at radius 3 is 2.58 bits per heavy atom. The van der Waals surface area contributed by atoms with Crippen LogP contribution in [0.3, 0.4) is 0 Å². The van der Waals surface area contributed by atoms with Crippen LogP contribution in [0, 0.1) is 0 Å². The minimum absolute atomic E-state index is 0.0194. The molecule has 31 heavy (non-hydrogen) atoms. The zero-order valence-electron chi connectivity index (χ0n) is 17.7. The van der Waals surface area contributed by atoms with E-state index in [1.54, 1.807) is 17.3 Å². The second-order valence-electron chi connectivity index (χ2n) is 7.68. The smallest absolute Gasteiger partial charge is 0.278 e. The van der Waals surface area contributed by atoms with Crippen molar-refractivity contribution in [2.45, 2.75) is 38.3 Å². The quantitative estimate of drug-likeness (QED) is 0.635. The van der Waals surface area contributed by atoms with Crippen LogP contribution in [0.1, 0.15) is 20.3 Å². The molecule has 1 aliphatic heterocycles. The Kier molecular flexibility index (Phi) is 6.84. The first-order chi connectivity index (χ1) is 14.6. The van der Waals surface area contributed by atoms with Gasteiger partial charge in [0.1, 0.15) is 5.75 Å². The molecule has 168 valence electrons. The highest BCUT2D eigenvalue weighted by atomic mass is 19.3. The van der Waals surface area contributed by atoms with Gasteiger partial charge in [0.15, 0.2) is 12.7 Å². The van der Waals surface area contributed by atoms with Crippen LogP contribution in [0.4, 0.5) is 20.4 Å². The van der Waals surface area contributed by atoms with E-state index in [1.807, 2.05) is 18.9 Å². The predicted octanol–water partition coefficient (Wildman–Crippen LogP) is 1.87. The first-order valence-electron chi connectivity index (χ1n) is 9.86. The van der Waals surface area contributed by atoms with Crippen molar-refractivity contribution in [1.29, 1.82) is 0 Å². The number of rotatable bonds is 9. The molecule has 2 atom stereocenters. The summed E-state index contributed by atoms with van der Waals surface area (Å²) in [5, 5.41) is 0. The van der Waals surface area contributed by atoms with E-state index in [2.05, 4.69) is 15.0 Å². The van der Waals surface area contributed by atoms with E-state index in [0.29, 0.717) is 36.9 Å². The molecular weight excluding hydrogens is 410 g/mol. The first-order valence-corrected chi connectivity index (χ1v) is 9.86. The molecule has 2 aromatic heterocycles. The van der Waals surface area contributed by atoms with Gasteiger partial charge in [-0.1, -0.05) is 0 Å². The van der Waals surface area contributed by atoms with Crippen LogP contribution in [-0.4, -0.2) is 65.7 Å². The molecule has 11 heteroatoms. The lowest BCUT2D eigenvalue weighted by Crippen LogP contribution is -2.34. The number of carbonyl (C=O) groups excluding carboxylic acids is 1. The number of pyridine rings is 1. The average molecular weight is 436 g/mol. The number of hydrogen-bond acceptors (Lipinski definition) is 8. The van der Waals surface area contributed by atoms with Crippen LogP contribution in [0.5, 0.6) is 11.6 Å². The van der Waals surface area contributed by atoms with Crippen molar-refractivity contribution in [3.05, 3.63) is 30.7 Å². The summed E-state index contributed by atoms with van der Waals surface area (Å²) in [6, 6.07) is 2.93. The standard InChI is InChI=1S/C20H26F2N6O3/c1-13(23)11-27(3)19-25-8-14(9-26-19)28-7-6-16(18(28)29)31-15-4-5-17(24-10-15)30-12-20(2,21)22/h4-5,8-10,13,16H,6-7,11-12,23H2,1-3H3/t13?,16-/m1/s1. The van der Waals surface area contributed by atoms with Crippen molar-refractivity contribution in [1.82, 2.24) is 15.0 Å². The van der Waals surface area contributed by atoms with Gasteiger partial charge >= 0.3 is 0 Å². The number of amides is 1. The molecule has 3 rings (SSSR count). The highest BCUT2D eigenvalue weighted by Gasteiger charge is 2.35. The van der Waals surface area contributed by atoms with Crippen LogP contribution in [-0.2, 0) is 4.79 Å². The number of halogens is 2. The van der Waals surface area contributed by atoms with Crippen molar-refractivity contribution < 1.29 is 23.0 Å². The fourth-order valence-corrected chi connectivity index (χ4v) is 3.07. The molecular formula is C20H26F2N6O3. The molecule has 0 saturated carbocycles. The van der Waals surface area contributed by atoms with E-state index in [9.17, 15) is 13.6 Å². The summed E-state index contributed by atoms with van der Waals surface area (Å²) in [6.45, 7) is 2.96. The third kappa shape index (κ3) is 6.20. The minimum atomic E-state index is -2.95. The molecule has 0 spiro atoms. The van der Waals surface area contributed by atoms with Gasteiger partial charge in [0, 0.05) is 45.6 Å². The lowest BCUT2D eigenvalue weighted by atomic mass is 10.3. The van der Waals surface area contributed by atoms with Crippen LogP contribution in [0.25, 0.3) is 0 Å².